The smallest absolute Gasteiger partial charge is 0.319 e. The number of hydrogen-bond donors (Lipinski definition) is 3. The number of nitrogens with one attached hydrogen (secondary N) is 2. The number of aromatic hydroxyl groups is 1. The number of urea groups is 1. The minimum Gasteiger partial charge on any atom is -0.507 e. The molecule has 0 radical (unpaired) electrons. The molecule has 2 unspecified atom stereocenters. The van der Waals surface area contributed by atoms with Crippen LogP contribution in [0.25, 0.3) is 10.8 Å². The van der Waals surface area contributed by atoms with Gasteiger partial charge in [0.1, 0.15) is 5.75 Å². The molecule has 0 saturated carbocycles. The van der Waals surface area contributed by atoms with Gasteiger partial charge in [-0.25, -0.2) is 4.79 Å². The van der Waals surface area contributed by atoms with Crippen LogP contribution in [0.1, 0.15) is 24.9 Å². The van der Waals surface area contributed by atoms with E-state index in [9.17, 15) is 14.7 Å². The molecule has 1 saturated heterocycles. The number of anilines is 1. The first-order valence-electron chi connectivity index (χ1n) is 9.65. The van der Waals surface area contributed by atoms with E-state index in [1.807, 2.05) is 43.3 Å². The Labute approximate surface area is 169 Å². The van der Waals surface area contributed by atoms with Crippen molar-refractivity contribution in [2.24, 2.45) is 0 Å². The molecule has 29 heavy (non-hydrogen) atoms. The van der Waals surface area contributed by atoms with Gasteiger partial charge in [0, 0.05) is 23.7 Å². The van der Waals surface area contributed by atoms with E-state index in [0.717, 1.165) is 10.9 Å². The Morgan fingerprint density at radius 1 is 1.03 bits per heavy atom. The van der Waals surface area contributed by atoms with Crippen LogP contribution in [0, 0.1) is 0 Å². The molecule has 6 nitrogen and oxygen atoms in total. The maximum absolute atomic E-state index is 12.5. The second-order valence-corrected chi connectivity index (χ2v) is 7.31. The average Bonchev–Trinajstić information content (AvgIpc) is 3.08. The average molecular weight is 389 g/mol. The van der Waals surface area contributed by atoms with Crippen molar-refractivity contribution < 1.29 is 14.7 Å². The molecule has 6 heteroatoms. The Balaban J connectivity index is 1.42. The Morgan fingerprint density at radius 2 is 1.76 bits per heavy atom. The Kier molecular flexibility index (Phi) is 5.08. The maximum Gasteiger partial charge on any atom is 0.319 e. The summed E-state index contributed by atoms with van der Waals surface area (Å²) in [5, 5.41) is 17.2. The van der Waals surface area contributed by atoms with Gasteiger partial charge in [-0.15, -0.1) is 0 Å². The van der Waals surface area contributed by atoms with Gasteiger partial charge < -0.3 is 20.6 Å². The quantitative estimate of drug-likeness (QED) is 0.630. The lowest BCUT2D eigenvalue weighted by molar-refractivity contribution is -0.129. The number of carbonyl (C=O) groups is 2. The van der Waals surface area contributed by atoms with E-state index in [0.29, 0.717) is 17.6 Å². The number of phenolic OH excluding ortho intramolecular Hbond substituents is 1. The Hall–Kier alpha value is -3.54. The van der Waals surface area contributed by atoms with Gasteiger partial charge in [0.15, 0.2) is 0 Å². The van der Waals surface area contributed by atoms with Crippen LogP contribution in [-0.4, -0.2) is 34.5 Å². The molecule has 0 aliphatic carbocycles. The molecule has 1 aliphatic heterocycles. The molecule has 3 amide bonds. The first-order valence-corrected chi connectivity index (χ1v) is 9.65. The predicted octanol–water partition coefficient (Wildman–Crippen LogP) is 4.03. The zero-order valence-corrected chi connectivity index (χ0v) is 16.1. The summed E-state index contributed by atoms with van der Waals surface area (Å²) in [6.07, 6.45) is 0.279. The van der Waals surface area contributed by atoms with Crippen LogP contribution >= 0.6 is 0 Å². The molecule has 1 aliphatic rings. The van der Waals surface area contributed by atoms with Crippen molar-refractivity contribution in [3.8, 4) is 5.75 Å². The Morgan fingerprint density at radius 3 is 2.55 bits per heavy atom. The first kappa shape index (κ1) is 18.8. The summed E-state index contributed by atoms with van der Waals surface area (Å²) >= 11 is 0. The molecule has 0 spiro atoms. The van der Waals surface area contributed by atoms with Crippen molar-refractivity contribution in [3.05, 3.63) is 72.3 Å². The maximum atomic E-state index is 12.5. The van der Waals surface area contributed by atoms with Crippen molar-refractivity contribution in [2.45, 2.75) is 25.4 Å². The van der Waals surface area contributed by atoms with Gasteiger partial charge in [-0.3, -0.25) is 4.79 Å². The van der Waals surface area contributed by atoms with E-state index in [1.165, 1.54) is 0 Å². The number of nitrogens with zero attached hydrogens (tertiary/aromatic N) is 1. The molecule has 4 rings (SSSR count). The summed E-state index contributed by atoms with van der Waals surface area (Å²) in [6.45, 7) is 2.47. The van der Waals surface area contributed by atoms with Crippen LogP contribution in [0.5, 0.6) is 5.75 Å². The molecule has 1 heterocycles. The number of amides is 3. The molecule has 1 fully saturated rings. The molecule has 0 bridgehead atoms. The van der Waals surface area contributed by atoms with Gasteiger partial charge in [-0.2, -0.15) is 0 Å². The van der Waals surface area contributed by atoms with E-state index in [-0.39, 0.29) is 36.2 Å². The molecule has 2 atom stereocenters. The molecule has 3 N–H and O–H groups in total. The first-order chi connectivity index (χ1) is 14.0. The summed E-state index contributed by atoms with van der Waals surface area (Å²) in [6, 6.07) is 19.7. The lowest BCUT2D eigenvalue weighted by Gasteiger charge is -2.25. The van der Waals surface area contributed by atoms with Crippen molar-refractivity contribution >= 4 is 28.4 Å². The van der Waals surface area contributed by atoms with Gasteiger partial charge in [0.2, 0.25) is 5.91 Å². The third-order valence-electron chi connectivity index (χ3n) is 5.39. The summed E-state index contributed by atoms with van der Waals surface area (Å²) in [4.78, 5) is 26.8. The van der Waals surface area contributed by atoms with Crippen molar-refractivity contribution in [2.75, 3.05) is 11.9 Å². The topological polar surface area (TPSA) is 81.7 Å². The van der Waals surface area contributed by atoms with Gasteiger partial charge in [0.05, 0.1) is 17.8 Å². The monoisotopic (exact) mass is 389 g/mol. The second-order valence-electron chi connectivity index (χ2n) is 7.31. The summed E-state index contributed by atoms with van der Waals surface area (Å²) < 4.78 is 0. The van der Waals surface area contributed by atoms with Crippen LogP contribution < -0.4 is 10.6 Å². The highest BCUT2D eigenvalue weighted by molar-refractivity contribution is 6.03. The van der Waals surface area contributed by atoms with E-state index in [2.05, 4.69) is 10.6 Å². The lowest BCUT2D eigenvalue weighted by atomic mass is 10.1. The van der Waals surface area contributed by atoms with Crippen LogP contribution in [0.3, 0.4) is 0 Å². The number of hydrogen-bond acceptors (Lipinski definition) is 3. The number of carbonyl (C=O) groups excluding carboxylic acids is 2. The Bertz CT molecular complexity index is 1050. The van der Waals surface area contributed by atoms with Gasteiger partial charge in [-0.05, 0) is 24.6 Å². The molecular weight excluding hydrogens is 366 g/mol. The molecule has 148 valence electrons. The highest BCUT2D eigenvalue weighted by atomic mass is 16.3. The highest BCUT2D eigenvalue weighted by Crippen LogP contribution is 2.30. The molecule has 3 aromatic rings. The lowest BCUT2D eigenvalue weighted by Crippen LogP contribution is -2.40. The fourth-order valence-electron chi connectivity index (χ4n) is 3.86. The number of fused-ring (bicyclic) bond motifs is 1. The van der Waals surface area contributed by atoms with Crippen LogP contribution in [0.4, 0.5) is 10.5 Å². The van der Waals surface area contributed by atoms with Crippen LogP contribution in [0.15, 0.2) is 66.7 Å². The van der Waals surface area contributed by atoms with E-state index >= 15 is 0 Å². The number of benzene rings is 3. The molecule has 3 aromatic carbocycles. The zero-order valence-electron chi connectivity index (χ0n) is 16.1. The third-order valence-corrected chi connectivity index (χ3v) is 5.39. The SMILES string of the molecule is CC(c1ccccc1)N1CC(NC(=O)Nc2cccc3c(O)cccc23)CC1=O. The van der Waals surface area contributed by atoms with Crippen molar-refractivity contribution in [1.29, 1.82) is 0 Å². The summed E-state index contributed by atoms with van der Waals surface area (Å²) in [5.74, 6) is 0.195. The summed E-state index contributed by atoms with van der Waals surface area (Å²) in [5.41, 5.74) is 1.68. The largest absolute Gasteiger partial charge is 0.507 e. The van der Waals surface area contributed by atoms with Crippen molar-refractivity contribution in [1.82, 2.24) is 10.2 Å². The highest BCUT2D eigenvalue weighted by Gasteiger charge is 2.34. The minimum atomic E-state index is -0.368. The van der Waals surface area contributed by atoms with Crippen molar-refractivity contribution in [3.63, 3.8) is 0 Å². The number of likely N-dealkylation sites (tertiary alicyclic amines) is 1. The van der Waals surface area contributed by atoms with E-state index in [4.69, 9.17) is 0 Å². The van der Waals surface area contributed by atoms with Crippen LogP contribution in [-0.2, 0) is 4.79 Å². The van der Waals surface area contributed by atoms with Gasteiger partial charge in [-0.1, -0.05) is 54.6 Å². The van der Waals surface area contributed by atoms with Gasteiger partial charge in [0.25, 0.3) is 0 Å². The molecular formula is C23H23N3O3. The fraction of sp³-hybridized carbons (Fsp3) is 0.217. The third kappa shape index (κ3) is 3.87. The number of rotatable bonds is 4. The zero-order chi connectivity index (χ0) is 20.4. The van der Waals surface area contributed by atoms with Crippen LogP contribution in [0.2, 0.25) is 0 Å². The number of phenols is 1. The predicted molar refractivity (Wildman–Crippen MR) is 113 cm³/mol. The second kappa shape index (κ2) is 7.83. The minimum absolute atomic E-state index is 0.0294. The fourth-order valence-corrected chi connectivity index (χ4v) is 3.86. The standard InChI is InChI=1S/C23H23N3O3/c1-15(16-7-3-2-4-8-16)26-14-17(13-22(26)28)24-23(29)25-20-11-5-10-19-18(20)9-6-12-21(19)27/h2-12,15,17,27H,13-14H2,1H3,(H2,24,25,29). The molecule has 0 aromatic heterocycles. The van der Waals surface area contributed by atoms with E-state index in [1.54, 1.807) is 35.2 Å². The van der Waals surface area contributed by atoms with Gasteiger partial charge >= 0.3 is 6.03 Å². The summed E-state index contributed by atoms with van der Waals surface area (Å²) in [7, 11) is 0. The normalized spacial score (nSPS) is 17.3. The van der Waals surface area contributed by atoms with E-state index < -0.39 is 0 Å².